The van der Waals surface area contributed by atoms with Crippen LogP contribution in [0, 0.1) is 13.8 Å². The average molecular weight is 441 g/mol. The van der Waals surface area contributed by atoms with E-state index in [1.165, 1.54) is 22.0 Å². The maximum absolute atomic E-state index is 12.1. The van der Waals surface area contributed by atoms with Crippen LogP contribution in [0.1, 0.15) is 36.5 Å². The standard InChI is InChI=1S/C27H28N4O2/c1-4-31-24-8-6-5-7-22(24)23-16-20(10-12-25(23)31)17-28-30-27(33)14-13-26(32)29-21-11-9-18(2)19(3)15-21/h5-12,15-17H,4,13-14H2,1-3H3,(H,29,32)(H,30,33)/b28-17+. The summed E-state index contributed by atoms with van der Waals surface area (Å²) in [7, 11) is 0. The molecule has 0 unspecified atom stereocenters. The summed E-state index contributed by atoms with van der Waals surface area (Å²) in [6.07, 6.45) is 1.79. The fraction of sp³-hybridized carbons (Fsp3) is 0.222. The molecule has 2 amide bonds. The van der Waals surface area contributed by atoms with Crippen molar-refractivity contribution in [1.82, 2.24) is 9.99 Å². The zero-order chi connectivity index (χ0) is 23.4. The molecule has 2 N–H and O–H groups in total. The van der Waals surface area contributed by atoms with Gasteiger partial charge >= 0.3 is 0 Å². The van der Waals surface area contributed by atoms with Crippen molar-refractivity contribution in [2.75, 3.05) is 5.32 Å². The van der Waals surface area contributed by atoms with E-state index in [1.807, 2.05) is 50.2 Å². The van der Waals surface area contributed by atoms with E-state index in [0.29, 0.717) is 0 Å². The average Bonchev–Trinajstić information content (AvgIpc) is 3.13. The number of hydrogen-bond donors (Lipinski definition) is 2. The number of aromatic nitrogens is 1. The number of nitrogens with zero attached hydrogens (tertiary/aromatic N) is 2. The minimum Gasteiger partial charge on any atom is -0.341 e. The normalized spacial score (nSPS) is 11.4. The molecule has 1 heterocycles. The van der Waals surface area contributed by atoms with Gasteiger partial charge in [-0.25, -0.2) is 5.43 Å². The van der Waals surface area contributed by atoms with Crippen molar-refractivity contribution >= 4 is 45.5 Å². The molecular weight excluding hydrogens is 412 g/mol. The Hall–Kier alpha value is -3.93. The second-order valence-corrected chi connectivity index (χ2v) is 8.18. The fourth-order valence-electron chi connectivity index (χ4n) is 4.00. The van der Waals surface area contributed by atoms with E-state index in [0.717, 1.165) is 28.7 Å². The van der Waals surface area contributed by atoms with E-state index in [9.17, 15) is 9.59 Å². The van der Waals surface area contributed by atoms with Crippen molar-refractivity contribution in [2.45, 2.75) is 40.2 Å². The van der Waals surface area contributed by atoms with Gasteiger partial charge in [-0.15, -0.1) is 0 Å². The van der Waals surface area contributed by atoms with Gasteiger partial charge in [-0.1, -0.05) is 30.3 Å². The summed E-state index contributed by atoms with van der Waals surface area (Å²) in [4.78, 5) is 24.2. The van der Waals surface area contributed by atoms with E-state index in [2.05, 4.69) is 51.6 Å². The lowest BCUT2D eigenvalue weighted by molar-refractivity contribution is -0.124. The molecule has 0 fully saturated rings. The maximum atomic E-state index is 12.1. The molecule has 0 aliphatic rings. The highest BCUT2D eigenvalue weighted by atomic mass is 16.2. The van der Waals surface area contributed by atoms with Crippen molar-refractivity contribution in [3.05, 3.63) is 77.4 Å². The smallest absolute Gasteiger partial charge is 0.240 e. The van der Waals surface area contributed by atoms with Crippen LogP contribution in [0.4, 0.5) is 5.69 Å². The zero-order valence-electron chi connectivity index (χ0n) is 19.2. The lowest BCUT2D eigenvalue weighted by Gasteiger charge is -2.07. The summed E-state index contributed by atoms with van der Waals surface area (Å²) in [5.41, 5.74) is 8.81. The van der Waals surface area contributed by atoms with Crippen LogP contribution in [0.15, 0.2) is 65.8 Å². The number of hydrazone groups is 1. The third kappa shape index (κ3) is 4.95. The van der Waals surface area contributed by atoms with E-state index in [4.69, 9.17) is 0 Å². The van der Waals surface area contributed by atoms with Gasteiger partial charge in [0, 0.05) is 46.9 Å². The van der Waals surface area contributed by atoms with Gasteiger partial charge in [0.2, 0.25) is 11.8 Å². The van der Waals surface area contributed by atoms with Gasteiger partial charge in [-0.05, 0) is 67.8 Å². The van der Waals surface area contributed by atoms with Crippen LogP contribution in [-0.4, -0.2) is 22.6 Å². The topological polar surface area (TPSA) is 75.5 Å². The molecule has 0 saturated heterocycles. The zero-order valence-corrected chi connectivity index (χ0v) is 19.2. The Bertz CT molecular complexity index is 1370. The molecule has 4 aromatic rings. The molecule has 6 nitrogen and oxygen atoms in total. The predicted molar refractivity (Wildman–Crippen MR) is 135 cm³/mol. The first-order chi connectivity index (χ1) is 16.0. The molecule has 0 spiro atoms. The number of rotatable bonds is 7. The number of hydrogen-bond acceptors (Lipinski definition) is 3. The van der Waals surface area contributed by atoms with Crippen molar-refractivity contribution in [1.29, 1.82) is 0 Å². The predicted octanol–water partition coefficient (Wildman–Crippen LogP) is 5.30. The molecule has 0 aliphatic heterocycles. The maximum Gasteiger partial charge on any atom is 0.240 e. The largest absolute Gasteiger partial charge is 0.341 e. The summed E-state index contributed by atoms with van der Waals surface area (Å²) in [5.74, 6) is -0.500. The molecule has 0 atom stereocenters. The summed E-state index contributed by atoms with van der Waals surface area (Å²) < 4.78 is 2.29. The van der Waals surface area contributed by atoms with Crippen molar-refractivity contribution in [3.8, 4) is 0 Å². The summed E-state index contributed by atoms with van der Waals surface area (Å²) in [6.45, 7) is 7.05. The van der Waals surface area contributed by atoms with Crippen LogP contribution < -0.4 is 10.7 Å². The molecule has 4 rings (SSSR count). The molecule has 0 radical (unpaired) electrons. The summed E-state index contributed by atoms with van der Waals surface area (Å²) >= 11 is 0. The van der Waals surface area contributed by atoms with Crippen LogP contribution in [0.3, 0.4) is 0 Å². The highest BCUT2D eigenvalue weighted by molar-refractivity contribution is 6.09. The van der Waals surface area contributed by atoms with Crippen LogP contribution in [0.5, 0.6) is 0 Å². The molecule has 1 aromatic heterocycles. The molecule has 0 bridgehead atoms. The second-order valence-electron chi connectivity index (χ2n) is 8.18. The first-order valence-corrected chi connectivity index (χ1v) is 11.2. The van der Waals surface area contributed by atoms with Gasteiger partial charge in [0.25, 0.3) is 0 Å². The van der Waals surface area contributed by atoms with Gasteiger partial charge in [-0.2, -0.15) is 5.10 Å². The van der Waals surface area contributed by atoms with Gasteiger partial charge in [0.15, 0.2) is 0 Å². The molecule has 6 heteroatoms. The number of fused-ring (bicyclic) bond motifs is 3. The monoisotopic (exact) mass is 440 g/mol. The molecule has 0 aliphatic carbocycles. The Balaban J connectivity index is 1.34. The van der Waals surface area contributed by atoms with Gasteiger partial charge in [0.05, 0.1) is 6.21 Å². The minimum atomic E-state index is -0.301. The second kappa shape index (κ2) is 9.69. The van der Waals surface area contributed by atoms with Crippen LogP contribution in [0.2, 0.25) is 0 Å². The number of carbonyl (C=O) groups excluding carboxylic acids is 2. The van der Waals surface area contributed by atoms with Crippen molar-refractivity contribution < 1.29 is 9.59 Å². The molecular formula is C27H28N4O2. The number of anilines is 1. The van der Waals surface area contributed by atoms with Crippen LogP contribution in [0.25, 0.3) is 21.8 Å². The first-order valence-electron chi connectivity index (χ1n) is 11.2. The third-order valence-corrected chi connectivity index (χ3v) is 5.89. The summed E-state index contributed by atoms with van der Waals surface area (Å²) in [6, 6.07) is 20.2. The third-order valence-electron chi connectivity index (χ3n) is 5.89. The number of para-hydroxylation sites is 1. The van der Waals surface area contributed by atoms with Crippen LogP contribution in [-0.2, 0) is 16.1 Å². The Morgan fingerprint density at radius 1 is 0.879 bits per heavy atom. The lowest BCUT2D eigenvalue weighted by atomic mass is 10.1. The minimum absolute atomic E-state index is 0.0665. The highest BCUT2D eigenvalue weighted by Crippen LogP contribution is 2.29. The van der Waals surface area contributed by atoms with E-state index >= 15 is 0 Å². The number of benzene rings is 3. The number of amides is 2. The Morgan fingerprint density at radius 2 is 1.64 bits per heavy atom. The summed E-state index contributed by atoms with van der Waals surface area (Å²) in [5, 5.41) is 9.26. The highest BCUT2D eigenvalue weighted by Gasteiger charge is 2.10. The van der Waals surface area contributed by atoms with Crippen LogP contribution >= 0.6 is 0 Å². The van der Waals surface area contributed by atoms with Crippen molar-refractivity contribution in [3.63, 3.8) is 0 Å². The Morgan fingerprint density at radius 3 is 2.42 bits per heavy atom. The molecule has 33 heavy (non-hydrogen) atoms. The Kier molecular flexibility index (Phi) is 6.54. The fourth-order valence-corrected chi connectivity index (χ4v) is 4.00. The van der Waals surface area contributed by atoms with E-state index in [1.54, 1.807) is 6.21 Å². The quantitative estimate of drug-likeness (QED) is 0.302. The lowest BCUT2D eigenvalue weighted by Crippen LogP contribution is -2.20. The SMILES string of the molecule is CCn1c2ccccc2c2cc(/C=N/NC(=O)CCC(=O)Nc3ccc(C)c(C)c3)ccc21. The van der Waals surface area contributed by atoms with E-state index in [-0.39, 0.29) is 24.7 Å². The van der Waals surface area contributed by atoms with E-state index < -0.39 is 0 Å². The number of nitrogens with one attached hydrogen (secondary N) is 2. The van der Waals surface area contributed by atoms with Gasteiger partial charge in [-0.3, -0.25) is 9.59 Å². The first kappa shape index (κ1) is 22.3. The van der Waals surface area contributed by atoms with Crippen molar-refractivity contribution in [2.24, 2.45) is 5.10 Å². The van der Waals surface area contributed by atoms with Gasteiger partial charge < -0.3 is 9.88 Å². The number of carbonyl (C=O) groups is 2. The molecule has 3 aromatic carbocycles. The number of aryl methyl sites for hydroxylation is 3. The van der Waals surface area contributed by atoms with Gasteiger partial charge in [0.1, 0.15) is 0 Å². The molecule has 0 saturated carbocycles. The Labute approximate surface area is 193 Å². The molecule has 168 valence electrons.